The third-order valence-electron chi connectivity index (χ3n) is 5.90. The van der Waals surface area contributed by atoms with Crippen LogP contribution in [0.4, 0.5) is 8.78 Å². The number of aromatic nitrogens is 4. The highest BCUT2D eigenvalue weighted by Crippen LogP contribution is 2.28. The monoisotopic (exact) mass is 912 g/mol. The van der Waals surface area contributed by atoms with Gasteiger partial charge in [-0.1, -0.05) is 50.9 Å². The summed E-state index contributed by atoms with van der Waals surface area (Å²) in [5.74, 6) is -0.650. The van der Waals surface area contributed by atoms with Crippen LogP contribution in [0.1, 0.15) is 56.6 Å². The number of nitrogens with zero attached hydrogens (tertiary/aromatic N) is 4. The lowest BCUT2D eigenvalue weighted by molar-refractivity contribution is 0.213. The minimum atomic E-state index is -1.21. The summed E-state index contributed by atoms with van der Waals surface area (Å²) in [5, 5.41) is 33.7. The number of nitrogens with two attached hydrogens (primary N) is 2. The van der Waals surface area contributed by atoms with Crippen molar-refractivity contribution in [2.24, 2.45) is 11.5 Å². The Bertz CT molecular complexity index is 1740. The zero-order chi connectivity index (χ0) is 36.0. The maximum atomic E-state index is 13.3. The summed E-state index contributed by atoms with van der Waals surface area (Å²) in [6.45, 7) is 11.6. The Labute approximate surface area is 311 Å². The molecule has 254 valence electrons. The van der Waals surface area contributed by atoms with Gasteiger partial charge in [0, 0.05) is 42.8 Å². The molecule has 15 heteroatoms. The first-order chi connectivity index (χ1) is 22.3. The molecule has 1 unspecified atom stereocenters. The number of aliphatic hydroxyl groups excluding tert-OH is 1. The number of hydrogen-bond donors (Lipinski definition) is 5. The molecule has 0 aliphatic rings. The predicted octanol–water partition coefficient (Wildman–Crippen LogP) is 8.59. The van der Waals surface area contributed by atoms with Gasteiger partial charge in [-0.15, -0.1) is 0 Å². The lowest BCUT2D eigenvalue weighted by Gasteiger charge is -2.15. The summed E-state index contributed by atoms with van der Waals surface area (Å²) in [5.41, 5.74) is 15.6. The maximum Gasteiger partial charge on any atom is 0.128 e. The van der Waals surface area contributed by atoms with Crippen LogP contribution in [-0.2, 0) is 6.42 Å². The highest BCUT2D eigenvalue weighted by Gasteiger charge is 2.23. The van der Waals surface area contributed by atoms with Gasteiger partial charge in [-0.2, -0.15) is 10.2 Å². The smallest absolute Gasteiger partial charge is 0.128 e. The Balaban J connectivity index is 0.000000425. The van der Waals surface area contributed by atoms with Crippen LogP contribution in [0.5, 0.6) is 0 Å². The molecule has 2 aromatic carbocycles. The number of rotatable bonds is 8. The van der Waals surface area contributed by atoms with Gasteiger partial charge in [0.25, 0.3) is 0 Å². The van der Waals surface area contributed by atoms with Crippen molar-refractivity contribution in [3.05, 3.63) is 114 Å². The molecular weight excluding hydrogens is 875 g/mol. The molecule has 7 N–H and O–H groups in total. The van der Waals surface area contributed by atoms with E-state index < -0.39 is 6.10 Å². The van der Waals surface area contributed by atoms with Gasteiger partial charge in [-0.05, 0) is 108 Å². The molecule has 2 aromatic heterocycles. The van der Waals surface area contributed by atoms with Gasteiger partial charge in [0.1, 0.15) is 28.1 Å². The molecule has 1 atom stereocenters. The molecule has 0 aliphatic carbocycles. The van der Waals surface area contributed by atoms with Crippen molar-refractivity contribution in [1.82, 2.24) is 19.6 Å². The second-order valence-electron chi connectivity index (χ2n) is 9.02. The van der Waals surface area contributed by atoms with Gasteiger partial charge >= 0.3 is 0 Å². The van der Waals surface area contributed by atoms with Crippen LogP contribution in [0.3, 0.4) is 0 Å². The number of halogens is 6. The van der Waals surface area contributed by atoms with Crippen LogP contribution in [0, 0.1) is 43.4 Å². The number of benzene rings is 2. The Hall–Kier alpha value is -2.86. The third-order valence-corrected chi connectivity index (χ3v) is 8.09. The van der Waals surface area contributed by atoms with Crippen LogP contribution < -0.4 is 11.5 Å². The van der Waals surface area contributed by atoms with E-state index in [0.29, 0.717) is 32.6 Å². The molecule has 0 saturated heterocycles. The van der Waals surface area contributed by atoms with E-state index in [2.05, 4.69) is 32.8 Å². The first-order valence-corrected chi connectivity index (χ1v) is 17.2. The van der Waals surface area contributed by atoms with Gasteiger partial charge in [0.2, 0.25) is 0 Å². The molecule has 0 bridgehead atoms. The predicted molar refractivity (Wildman–Crippen MR) is 205 cm³/mol. The quantitative estimate of drug-likeness (QED) is 0.0885. The summed E-state index contributed by atoms with van der Waals surface area (Å²) < 4.78 is 31.1. The average Bonchev–Trinajstić information content (AvgIpc) is 3.59. The molecule has 2 heterocycles. The number of hydrogen-bond acceptors (Lipinski definition) is 7. The van der Waals surface area contributed by atoms with E-state index in [9.17, 15) is 13.9 Å². The van der Waals surface area contributed by atoms with Gasteiger partial charge in [0.15, 0.2) is 0 Å². The maximum absolute atomic E-state index is 13.3. The summed E-state index contributed by atoms with van der Waals surface area (Å²) in [6, 6.07) is 12.3. The van der Waals surface area contributed by atoms with Crippen molar-refractivity contribution in [2.45, 2.75) is 54.1 Å². The third kappa shape index (κ3) is 11.7. The molecule has 0 amide bonds. The highest BCUT2D eigenvalue weighted by atomic mass is 127. The fourth-order valence-electron chi connectivity index (χ4n) is 3.95. The Morgan fingerprint density at radius 2 is 1.30 bits per heavy atom. The summed E-state index contributed by atoms with van der Waals surface area (Å²) in [6.07, 6.45) is 1.57. The molecule has 0 radical (unpaired) electrons. The molecule has 0 fully saturated rings. The average molecular weight is 913 g/mol. The van der Waals surface area contributed by atoms with E-state index >= 15 is 0 Å². The fraction of sp³-hybridized carbons (Fsp3) is 0.250. The van der Waals surface area contributed by atoms with Gasteiger partial charge in [0.05, 0.1) is 28.5 Å². The second kappa shape index (κ2) is 20.5. The minimum absolute atomic E-state index is 0.0694. The zero-order valence-corrected chi connectivity index (χ0v) is 32.5. The number of allylic oxidation sites excluding steroid dienone is 1. The highest BCUT2D eigenvalue weighted by molar-refractivity contribution is 14.1. The number of aliphatic hydroxyl groups is 1. The second-order valence-corrected chi connectivity index (χ2v) is 12.1. The van der Waals surface area contributed by atoms with Gasteiger partial charge < -0.3 is 16.6 Å². The zero-order valence-electron chi connectivity index (χ0n) is 26.7. The van der Waals surface area contributed by atoms with E-state index in [1.807, 2.05) is 63.3 Å². The normalized spacial score (nSPS) is 11.7. The summed E-state index contributed by atoms with van der Waals surface area (Å²) in [4.78, 5) is 0. The van der Waals surface area contributed by atoms with Crippen molar-refractivity contribution in [2.75, 3.05) is 0 Å². The Morgan fingerprint density at radius 3 is 1.72 bits per heavy atom. The van der Waals surface area contributed by atoms with E-state index in [-0.39, 0.29) is 27.5 Å². The molecule has 4 aromatic rings. The van der Waals surface area contributed by atoms with Crippen LogP contribution in [0.2, 0.25) is 0 Å². The van der Waals surface area contributed by atoms with E-state index in [1.165, 1.54) is 35.1 Å². The minimum Gasteiger partial charge on any atom is -0.404 e. The first-order valence-electron chi connectivity index (χ1n) is 14.3. The number of nitrogens with one attached hydrogen (secondary N) is 2. The van der Waals surface area contributed by atoms with Gasteiger partial charge in [-0.25, -0.2) is 18.1 Å². The number of aryl methyl sites for hydroxylation is 2. The molecule has 4 rings (SSSR count). The lowest BCUT2D eigenvalue weighted by Crippen LogP contribution is -2.14. The molecular formula is C32H38Cl2F2I2N8O. The SMILES string of the molecule is CC.CC.Cc1cc(C(O)/C(=C/N)C(=N)Cl)n(-c2ccc(F)cc2I)n1.Cc1cc(C/C(=C/N)C(=N)Cl)n(-c2ccc(F)cc2I)n1. The van der Waals surface area contributed by atoms with Gasteiger partial charge in [-0.3, -0.25) is 10.8 Å². The van der Waals surface area contributed by atoms with Crippen LogP contribution in [0.15, 0.2) is 72.1 Å². The van der Waals surface area contributed by atoms with E-state index in [1.54, 1.807) is 29.8 Å². The largest absolute Gasteiger partial charge is 0.404 e. The molecule has 0 aliphatic heterocycles. The molecule has 9 nitrogen and oxygen atoms in total. The first kappa shape index (κ1) is 42.2. The fourth-order valence-corrected chi connectivity index (χ4v) is 5.66. The van der Waals surface area contributed by atoms with E-state index in [0.717, 1.165) is 26.8 Å². The summed E-state index contributed by atoms with van der Waals surface area (Å²) in [7, 11) is 0. The Morgan fingerprint density at radius 1 is 0.830 bits per heavy atom. The molecule has 0 saturated carbocycles. The van der Waals surface area contributed by atoms with E-state index in [4.69, 9.17) is 45.5 Å². The molecule has 47 heavy (non-hydrogen) atoms. The van der Waals surface area contributed by atoms with Crippen molar-refractivity contribution in [3.63, 3.8) is 0 Å². The van der Waals surface area contributed by atoms with Crippen LogP contribution >= 0.6 is 68.4 Å². The van der Waals surface area contributed by atoms with Crippen molar-refractivity contribution >= 4 is 78.7 Å². The topological polar surface area (TPSA) is 156 Å². The Kier molecular flexibility index (Phi) is 18.4. The van der Waals surface area contributed by atoms with Crippen molar-refractivity contribution < 1.29 is 13.9 Å². The lowest BCUT2D eigenvalue weighted by atomic mass is 10.1. The van der Waals surface area contributed by atoms with Crippen LogP contribution in [0.25, 0.3) is 11.4 Å². The van der Waals surface area contributed by atoms with Crippen molar-refractivity contribution in [3.8, 4) is 11.4 Å². The standard InChI is InChI=1S/C14H13ClFIN4O.C14H13ClFIN4.2C2H6/c1-7-4-12(13(22)9(6-18)14(15)19)21(20-7)11-3-2-8(16)5-10(11)17;1-8-4-11(5-9(7-18)14(15)19)21(20-8)13-3-2-10(16)6-12(13)17;2*1-2/h2-6,13,19,22H,18H2,1H3;2-4,6-7,19H,5,18H2,1H3;2*1-2H3/b9-6-,19-14?;9-7-,19-14?;;. The molecule has 0 spiro atoms. The summed E-state index contributed by atoms with van der Waals surface area (Å²) >= 11 is 15.4. The van der Waals surface area contributed by atoms with Crippen molar-refractivity contribution in [1.29, 1.82) is 10.8 Å². The van der Waals surface area contributed by atoms with Crippen LogP contribution in [-0.4, -0.2) is 35.0 Å².